The molecule has 0 aromatic carbocycles. The van der Waals surface area contributed by atoms with E-state index < -0.39 is 24.2 Å². The number of carbonyl (C=O) groups excluding carboxylic acids is 2. The van der Waals surface area contributed by atoms with Gasteiger partial charge in [-0.05, 0) is 31.6 Å². The van der Waals surface area contributed by atoms with Gasteiger partial charge >= 0.3 is 12.1 Å². The van der Waals surface area contributed by atoms with Crippen LogP contribution in [0.25, 0.3) is 0 Å². The summed E-state index contributed by atoms with van der Waals surface area (Å²) in [4.78, 5) is 25.6. The van der Waals surface area contributed by atoms with Crippen LogP contribution in [0, 0.1) is 11.8 Å². The summed E-state index contributed by atoms with van der Waals surface area (Å²) in [5.41, 5.74) is 0. The fraction of sp³-hybridized carbons (Fsp3) is 0.857. The third-order valence-corrected chi connectivity index (χ3v) is 3.92. The fourth-order valence-corrected chi connectivity index (χ4v) is 3.12. The SMILES string of the molecule is CCOC(=O)C1C2CC(O)C(C2)N1C(=O)OCC(C)C. The van der Waals surface area contributed by atoms with Crippen LogP contribution < -0.4 is 0 Å². The molecule has 1 heterocycles. The molecule has 6 heteroatoms. The number of hydrogen-bond acceptors (Lipinski definition) is 5. The molecule has 2 aliphatic rings. The molecule has 1 saturated carbocycles. The minimum atomic E-state index is -0.608. The normalized spacial score (nSPS) is 31.8. The average molecular weight is 285 g/mol. The number of hydrogen-bond donors (Lipinski definition) is 1. The van der Waals surface area contributed by atoms with E-state index >= 15 is 0 Å². The van der Waals surface area contributed by atoms with Gasteiger partial charge in [0.1, 0.15) is 6.04 Å². The minimum absolute atomic E-state index is 0.0272. The van der Waals surface area contributed by atoms with Crippen molar-refractivity contribution in [2.75, 3.05) is 13.2 Å². The van der Waals surface area contributed by atoms with Crippen molar-refractivity contribution in [3.8, 4) is 0 Å². The van der Waals surface area contributed by atoms with Gasteiger partial charge in [0.15, 0.2) is 0 Å². The Bertz CT molecular complexity index is 384. The maximum Gasteiger partial charge on any atom is 0.410 e. The van der Waals surface area contributed by atoms with Gasteiger partial charge in [-0.3, -0.25) is 4.90 Å². The number of carbonyl (C=O) groups is 2. The predicted molar refractivity (Wildman–Crippen MR) is 71.0 cm³/mol. The highest BCUT2D eigenvalue weighted by molar-refractivity contribution is 5.83. The Labute approximate surface area is 119 Å². The summed E-state index contributed by atoms with van der Waals surface area (Å²) in [5, 5.41) is 9.94. The first kappa shape index (κ1) is 15.1. The number of aliphatic hydroxyl groups excluding tert-OH is 1. The maximum absolute atomic E-state index is 12.2. The molecule has 1 amide bonds. The standard InChI is InChI=1S/C14H23NO5/c1-4-19-13(17)12-9-5-10(11(16)6-9)15(12)14(18)20-7-8(2)3/h8-12,16H,4-7H2,1-3H3. The van der Waals surface area contributed by atoms with Crippen molar-refractivity contribution >= 4 is 12.1 Å². The molecule has 0 aromatic rings. The maximum atomic E-state index is 12.2. The zero-order valence-electron chi connectivity index (χ0n) is 12.2. The molecule has 4 atom stereocenters. The Morgan fingerprint density at radius 1 is 1.30 bits per heavy atom. The van der Waals surface area contributed by atoms with Crippen LogP contribution in [0.3, 0.4) is 0 Å². The number of fused-ring (bicyclic) bond motifs is 2. The summed E-state index contributed by atoms with van der Waals surface area (Å²) in [7, 11) is 0. The van der Waals surface area contributed by atoms with Gasteiger partial charge in [0.2, 0.25) is 0 Å². The Balaban J connectivity index is 2.09. The second-order valence-corrected chi connectivity index (χ2v) is 5.94. The molecule has 2 fully saturated rings. The van der Waals surface area contributed by atoms with Crippen LogP contribution in [-0.4, -0.2) is 53.5 Å². The quantitative estimate of drug-likeness (QED) is 0.785. The molecule has 114 valence electrons. The van der Waals surface area contributed by atoms with Gasteiger partial charge < -0.3 is 14.6 Å². The number of ether oxygens (including phenoxy) is 2. The van der Waals surface area contributed by atoms with Crippen molar-refractivity contribution in [2.45, 2.75) is 51.8 Å². The molecular formula is C14H23NO5. The van der Waals surface area contributed by atoms with Gasteiger partial charge in [0.25, 0.3) is 0 Å². The molecule has 1 saturated heterocycles. The summed E-state index contributed by atoms with van der Waals surface area (Å²) in [6.07, 6.45) is 0.0871. The first-order chi connectivity index (χ1) is 9.45. The van der Waals surface area contributed by atoms with E-state index in [9.17, 15) is 14.7 Å². The Hall–Kier alpha value is -1.30. The third kappa shape index (κ3) is 2.75. The smallest absolute Gasteiger partial charge is 0.410 e. The second-order valence-electron chi connectivity index (χ2n) is 5.94. The topological polar surface area (TPSA) is 76.1 Å². The molecule has 0 radical (unpaired) electrons. The molecule has 20 heavy (non-hydrogen) atoms. The third-order valence-electron chi connectivity index (χ3n) is 3.92. The number of rotatable bonds is 4. The molecule has 1 aliphatic heterocycles. The zero-order chi connectivity index (χ0) is 14.9. The molecule has 0 spiro atoms. The van der Waals surface area contributed by atoms with E-state index in [1.807, 2.05) is 13.8 Å². The van der Waals surface area contributed by atoms with Crippen molar-refractivity contribution in [1.29, 1.82) is 0 Å². The number of esters is 1. The molecule has 2 bridgehead atoms. The van der Waals surface area contributed by atoms with Gasteiger partial charge in [0, 0.05) is 0 Å². The first-order valence-corrected chi connectivity index (χ1v) is 7.25. The van der Waals surface area contributed by atoms with Crippen LogP contribution in [0.5, 0.6) is 0 Å². The average Bonchev–Trinajstić information content (AvgIpc) is 2.92. The fourth-order valence-electron chi connectivity index (χ4n) is 3.12. The molecule has 1 N–H and O–H groups in total. The van der Waals surface area contributed by atoms with E-state index in [4.69, 9.17) is 9.47 Å². The van der Waals surface area contributed by atoms with Crippen molar-refractivity contribution in [3.05, 3.63) is 0 Å². The lowest BCUT2D eigenvalue weighted by molar-refractivity contribution is -0.151. The number of amides is 1. The number of aliphatic hydroxyl groups is 1. The molecule has 6 nitrogen and oxygen atoms in total. The lowest BCUT2D eigenvalue weighted by Gasteiger charge is -2.35. The second kappa shape index (κ2) is 5.99. The zero-order valence-corrected chi connectivity index (χ0v) is 12.2. The van der Waals surface area contributed by atoms with Crippen molar-refractivity contribution in [3.63, 3.8) is 0 Å². The van der Waals surface area contributed by atoms with Crippen LogP contribution in [0.15, 0.2) is 0 Å². The van der Waals surface area contributed by atoms with E-state index in [0.29, 0.717) is 19.4 Å². The Morgan fingerprint density at radius 2 is 2.00 bits per heavy atom. The highest BCUT2D eigenvalue weighted by Crippen LogP contribution is 2.43. The summed E-state index contributed by atoms with van der Waals surface area (Å²) in [6, 6.07) is -0.933. The van der Waals surface area contributed by atoms with Gasteiger partial charge in [-0.2, -0.15) is 0 Å². The summed E-state index contributed by atoms with van der Waals surface area (Å²) in [6.45, 7) is 6.21. The summed E-state index contributed by atoms with van der Waals surface area (Å²) >= 11 is 0. The van der Waals surface area contributed by atoms with E-state index in [0.717, 1.165) is 0 Å². The van der Waals surface area contributed by atoms with E-state index in [1.54, 1.807) is 6.92 Å². The summed E-state index contributed by atoms with van der Waals surface area (Å²) < 4.78 is 10.3. The van der Waals surface area contributed by atoms with Crippen molar-refractivity contribution in [1.82, 2.24) is 4.90 Å². The molecular weight excluding hydrogens is 262 g/mol. The molecule has 2 rings (SSSR count). The van der Waals surface area contributed by atoms with Crippen LogP contribution in [0.1, 0.15) is 33.6 Å². The molecule has 4 unspecified atom stereocenters. The van der Waals surface area contributed by atoms with Crippen molar-refractivity contribution < 1.29 is 24.2 Å². The molecule has 1 aliphatic carbocycles. The van der Waals surface area contributed by atoms with Crippen LogP contribution >= 0.6 is 0 Å². The highest BCUT2D eigenvalue weighted by atomic mass is 16.6. The predicted octanol–water partition coefficient (Wildman–Crippen LogP) is 1.17. The van der Waals surface area contributed by atoms with E-state index in [2.05, 4.69) is 0 Å². The van der Waals surface area contributed by atoms with Gasteiger partial charge in [-0.15, -0.1) is 0 Å². The minimum Gasteiger partial charge on any atom is -0.464 e. The van der Waals surface area contributed by atoms with Gasteiger partial charge in [-0.25, -0.2) is 9.59 Å². The summed E-state index contributed by atoms with van der Waals surface area (Å²) in [5.74, 6) is -0.196. The number of piperidine rings is 1. The van der Waals surface area contributed by atoms with Gasteiger partial charge in [-0.1, -0.05) is 13.8 Å². The number of nitrogens with zero attached hydrogens (tertiary/aromatic N) is 1. The largest absolute Gasteiger partial charge is 0.464 e. The van der Waals surface area contributed by atoms with Crippen LogP contribution in [-0.2, 0) is 14.3 Å². The van der Waals surface area contributed by atoms with Gasteiger partial charge in [0.05, 0.1) is 25.4 Å². The highest BCUT2D eigenvalue weighted by Gasteiger charge is 2.56. The van der Waals surface area contributed by atoms with E-state index in [1.165, 1.54) is 4.90 Å². The van der Waals surface area contributed by atoms with Crippen LogP contribution in [0.4, 0.5) is 4.79 Å². The monoisotopic (exact) mass is 285 g/mol. The van der Waals surface area contributed by atoms with Crippen molar-refractivity contribution in [2.24, 2.45) is 11.8 Å². The Kier molecular flexibility index (Phi) is 4.52. The molecule has 0 aromatic heterocycles. The first-order valence-electron chi connectivity index (χ1n) is 7.25. The lowest BCUT2D eigenvalue weighted by atomic mass is 9.98. The lowest BCUT2D eigenvalue weighted by Crippen LogP contribution is -2.54. The van der Waals surface area contributed by atoms with E-state index in [-0.39, 0.29) is 24.5 Å². The Morgan fingerprint density at radius 3 is 2.60 bits per heavy atom. The van der Waals surface area contributed by atoms with Crippen LogP contribution in [0.2, 0.25) is 0 Å². The number of likely N-dealkylation sites (tertiary alicyclic amines) is 1.